The molecule has 1 aromatic heterocycles. The Kier molecular flexibility index (Phi) is 3.19. The fourth-order valence-corrected chi connectivity index (χ4v) is 1.30. The Labute approximate surface area is 97.2 Å². The van der Waals surface area contributed by atoms with Gasteiger partial charge in [0.15, 0.2) is 0 Å². The molecule has 0 radical (unpaired) electrons. The fourth-order valence-electron chi connectivity index (χ4n) is 1.12. The number of hydrazine groups is 1. The number of nitrogens with one attached hydrogen (secondary N) is 1. The smallest absolute Gasteiger partial charge is 0.240 e. The minimum absolute atomic E-state index is 0.291. The molecule has 5 nitrogen and oxygen atoms in total. The zero-order valence-corrected chi connectivity index (χ0v) is 8.98. The van der Waals surface area contributed by atoms with Crippen molar-refractivity contribution in [2.24, 2.45) is 5.84 Å². The molecule has 6 heteroatoms. The Hall–Kier alpha value is -1.85. The normalized spacial score (nSPS) is 9.88. The topological polar surface area (TPSA) is 73.1 Å². The van der Waals surface area contributed by atoms with E-state index in [1.807, 2.05) is 0 Å². The number of hydrogen-bond acceptors (Lipinski definition) is 5. The van der Waals surface area contributed by atoms with E-state index >= 15 is 0 Å². The van der Waals surface area contributed by atoms with Gasteiger partial charge in [-0.2, -0.15) is 4.98 Å². The lowest BCUT2D eigenvalue weighted by molar-refractivity contribution is 0.462. The van der Waals surface area contributed by atoms with Gasteiger partial charge in [-0.25, -0.2) is 10.8 Å². The maximum Gasteiger partial charge on any atom is 0.240 e. The Morgan fingerprint density at radius 3 is 2.94 bits per heavy atom. The maximum atomic E-state index is 5.82. The first-order chi connectivity index (χ1) is 7.78. The van der Waals surface area contributed by atoms with Crippen LogP contribution in [0.4, 0.5) is 5.95 Å². The van der Waals surface area contributed by atoms with Gasteiger partial charge in [0.2, 0.25) is 11.8 Å². The summed E-state index contributed by atoms with van der Waals surface area (Å²) in [6, 6.07) is 8.66. The van der Waals surface area contributed by atoms with Crippen molar-refractivity contribution < 1.29 is 4.74 Å². The van der Waals surface area contributed by atoms with Crippen LogP contribution >= 0.6 is 11.6 Å². The molecule has 82 valence electrons. The number of nitrogen functional groups attached to an aromatic ring is 1. The summed E-state index contributed by atoms with van der Waals surface area (Å²) in [6.45, 7) is 0. The van der Waals surface area contributed by atoms with Gasteiger partial charge in [0, 0.05) is 17.3 Å². The highest BCUT2D eigenvalue weighted by atomic mass is 35.5. The van der Waals surface area contributed by atoms with Crippen LogP contribution in [-0.4, -0.2) is 9.97 Å². The van der Waals surface area contributed by atoms with Gasteiger partial charge in [0.05, 0.1) is 0 Å². The van der Waals surface area contributed by atoms with E-state index in [0.29, 0.717) is 22.6 Å². The quantitative estimate of drug-likeness (QED) is 0.631. The molecule has 0 fully saturated rings. The number of hydrogen-bond donors (Lipinski definition) is 2. The van der Waals surface area contributed by atoms with E-state index in [-0.39, 0.29) is 0 Å². The molecule has 0 aliphatic carbocycles. The van der Waals surface area contributed by atoms with Crippen molar-refractivity contribution in [2.45, 2.75) is 0 Å². The third kappa shape index (κ3) is 2.59. The second kappa shape index (κ2) is 4.78. The summed E-state index contributed by atoms with van der Waals surface area (Å²) < 4.78 is 5.47. The van der Waals surface area contributed by atoms with Crippen molar-refractivity contribution in [1.82, 2.24) is 9.97 Å². The monoisotopic (exact) mass is 236 g/mol. The molecule has 0 saturated heterocycles. The second-order valence-electron chi connectivity index (χ2n) is 2.92. The molecule has 0 amide bonds. The molecule has 0 aliphatic heterocycles. The van der Waals surface area contributed by atoms with Crippen molar-refractivity contribution in [2.75, 3.05) is 5.43 Å². The van der Waals surface area contributed by atoms with E-state index in [1.54, 1.807) is 36.5 Å². The summed E-state index contributed by atoms with van der Waals surface area (Å²) in [5.41, 5.74) is 2.34. The van der Waals surface area contributed by atoms with Crippen LogP contribution in [0.1, 0.15) is 0 Å². The summed E-state index contributed by atoms with van der Waals surface area (Å²) in [5.74, 6) is 6.48. The van der Waals surface area contributed by atoms with Gasteiger partial charge in [-0.15, -0.1) is 0 Å². The highest BCUT2D eigenvalue weighted by Gasteiger charge is 2.01. The lowest BCUT2D eigenvalue weighted by atomic mass is 10.3. The van der Waals surface area contributed by atoms with Gasteiger partial charge in [-0.05, 0) is 18.2 Å². The van der Waals surface area contributed by atoms with E-state index in [1.165, 1.54) is 0 Å². The van der Waals surface area contributed by atoms with Crippen molar-refractivity contribution in [3.8, 4) is 11.6 Å². The molecular formula is C10H9ClN4O. The molecule has 0 unspecified atom stereocenters. The first-order valence-electron chi connectivity index (χ1n) is 4.51. The molecular weight excluding hydrogens is 228 g/mol. The van der Waals surface area contributed by atoms with Gasteiger partial charge in [0.25, 0.3) is 0 Å². The summed E-state index contributed by atoms with van der Waals surface area (Å²) in [6.07, 6.45) is 1.54. The Morgan fingerprint density at radius 2 is 2.19 bits per heavy atom. The summed E-state index contributed by atoms with van der Waals surface area (Å²) >= 11 is 5.82. The highest BCUT2D eigenvalue weighted by Crippen LogP contribution is 2.22. The van der Waals surface area contributed by atoms with E-state index in [4.69, 9.17) is 22.2 Å². The van der Waals surface area contributed by atoms with Gasteiger partial charge in [-0.3, -0.25) is 5.43 Å². The Balaban J connectivity index is 2.20. The molecule has 0 spiro atoms. The van der Waals surface area contributed by atoms with Crippen LogP contribution in [0.5, 0.6) is 11.6 Å². The number of ether oxygens (including phenoxy) is 1. The van der Waals surface area contributed by atoms with Gasteiger partial charge in [0.1, 0.15) is 5.75 Å². The lowest BCUT2D eigenvalue weighted by Gasteiger charge is -2.05. The molecule has 0 aliphatic rings. The number of aromatic nitrogens is 2. The predicted octanol–water partition coefficient (Wildman–Crippen LogP) is 2.21. The largest absolute Gasteiger partial charge is 0.439 e. The predicted molar refractivity (Wildman–Crippen MR) is 61.4 cm³/mol. The fraction of sp³-hybridized carbons (Fsp3) is 0. The summed E-state index contributed by atoms with van der Waals surface area (Å²) in [7, 11) is 0. The molecule has 1 heterocycles. The first-order valence-corrected chi connectivity index (χ1v) is 4.89. The van der Waals surface area contributed by atoms with Gasteiger partial charge in [-0.1, -0.05) is 17.7 Å². The minimum atomic E-state index is 0.291. The second-order valence-corrected chi connectivity index (χ2v) is 3.36. The van der Waals surface area contributed by atoms with E-state index in [2.05, 4.69) is 15.4 Å². The van der Waals surface area contributed by atoms with Crippen molar-refractivity contribution in [1.29, 1.82) is 0 Å². The first kappa shape index (κ1) is 10.7. The number of nitrogens with two attached hydrogens (primary N) is 1. The van der Waals surface area contributed by atoms with Crippen LogP contribution in [-0.2, 0) is 0 Å². The SMILES string of the molecule is NNc1nccc(Oc2cccc(Cl)c2)n1. The molecule has 0 bridgehead atoms. The lowest BCUT2D eigenvalue weighted by Crippen LogP contribution is -2.10. The molecule has 0 saturated carbocycles. The molecule has 3 N–H and O–H groups in total. The van der Waals surface area contributed by atoms with Crippen LogP contribution in [0.25, 0.3) is 0 Å². The number of rotatable bonds is 3. The Bertz CT molecular complexity index is 492. The summed E-state index contributed by atoms with van der Waals surface area (Å²) in [5, 5.41) is 0.601. The van der Waals surface area contributed by atoms with Crippen LogP contribution in [0, 0.1) is 0 Å². The third-order valence-corrected chi connectivity index (χ3v) is 2.01. The van der Waals surface area contributed by atoms with E-state index in [9.17, 15) is 0 Å². The highest BCUT2D eigenvalue weighted by molar-refractivity contribution is 6.30. The molecule has 1 aromatic carbocycles. The van der Waals surface area contributed by atoms with Gasteiger partial charge >= 0.3 is 0 Å². The number of halogens is 1. The van der Waals surface area contributed by atoms with Crippen molar-refractivity contribution in [3.63, 3.8) is 0 Å². The zero-order valence-electron chi connectivity index (χ0n) is 8.22. The van der Waals surface area contributed by atoms with Crippen molar-refractivity contribution >= 4 is 17.5 Å². The van der Waals surface area contributed by atoms with Crippen LogP contribution in [0.2, 0.25) is 5.02 Å². The number of nitrogens with zero attached hydrogens (tertiary/aromatic N) is 2. The van der Waals surface area contributed by atoms with E-state index in [0.717, 1.165) is 0 Å². The molecule has 0 atom stereocenters. The Morgan fingerprint density at radius 1 is 1.31 bits per heavy atom. The summed E-state index contributed by atoms with van der Waals surface area (Å²) in [4.78, 5) is 7.87. The van der Waals surface area contributed by atoms with Crippen LogP contribution < -0.4 is 16.0 Å². The van der Waals surface area contributed by atoms with E-state index < -0.39 is 0 Å². The minimum Gasteiger partial charge on any atom is -0.439 e. The third-order valence-electron chi connectivity index (χ3n) is 1.78. The maximum absolute atomic E-state index is 5.82. The molecule has 2 rings (SSSR count). The average Bonchev–Trinajstić information content (AvgIpc) is 2.29. The zero-order chi connectivity index (χ0) is 11.4. The average molecular weight is 237 g/mol. The van der Waals surface area contributed by atoms with Crippen LogP contribution in [0.15, 0.2) is 36.5 Å². The molecule has 16 heavy (non-hydrogen) atoms. The standard InChI is InChI=1S/C10H9ClN4O/c11-7-2-1-3-8(6-7)16-9-4-5-13-10(14-9)15-12/h1-6H,12H2,(H,13,14,15). The van der Waals surface area contributed by atoms with Crippen LogP contribution in [0.3, 0.4) is 0 Å². The van der Waals surface area contributed by atoms with Crippen molar-refractivity contribution in [3.05, 3.63) is 41.6 Å². The van der Waals surface area contributed by atoms with Gasteiger partial charge < -0.3 is 4.74 Å². The molecule has 2 aromatic rings. The number of benzene rings is 1. The number of anilines is 1.